The number of anilines is 2. The molecule has 1 aliphatic heterocycles. The third-order valence-electron chi connectivity index (χ3n) is 3.55. The average molecular weight is 314 g/mol. The van der Waals surface area contributed by atoms with Gasteiger partial charge in [0.2, 0.25) is 5.91 Å². The maximum absolute atomic E-state index is 11.7. The Kier molecular flexibility index (Phi) is 4.41. The van der Waals surface area contributed by atoms with Crippen LogP contribution in [-0.4, -0.2) is 41.8 Å². The van der Waals surface area contributed by atoms with Gasteiger partial charge in [-0.15, -0.1) is 0 Å². The summed E-state index contributed by atoms with van der Waals surface area (Å²) < 4.78 is 0. The Balaban J connectivity index is 1.51. The second-order valence-electron chi connectivity index (χ2n) is 5.23. The van der Waals surface area contributed by atoms with Crippen LogP contribution in [0.1, 0.15) is 5.56 Å². The van der Waals surface area contributed by atoms with Crippen LogP contribution in [0, 0.1) is 0 Å². The number of amides is 3. The quantitative estimate of drug-likeness (QED) is 0.666. The summed E-state index contributed by atoms with van der Waals surface area (Å²) in [6.45, 7) is 2.27. The molecule has 1 aromatic carbocycles. The van der Waals surface area contributed by atoms with E-state index in [1.807, 2.05) is 29.2 Å². The zero-order chi connectivity index (χ0) is 16.1. The minimum Gasteiger partial charge on any atom is -0.360 e. The summed E-state index contributed by atoms with van der Waals surface area (Å²) in [7, 11) is 0. The highest BCUT2D eigenvalue weighted by Gasteiger charge is 2.16. The SMILES string of the molecule is O=C1CN(c2ccc(CNC(=O)Nc3cn[nH]c3)cc2)CCN1. The highest BCUT2D eigenvalue weighted by atomic mass is 16.2. The first-order chi connectivity index (χ1) is 11.2. The van der Waals surface area contributed by atoms with E-state index in [0.29, 0.717) is 25.3 Å². The largest absolute Gasteiger partial charge is 0.360 e. The maximum Gasteiger partial charge on any atom is 0.319 e. The fourth-order valence-corrected chi connectivity index (χ4v) is 2.36. The van der Waals surface area contributed by atoms with Crippen molar-refractivity contribution in [3.05, 3.63) is 42.2 Å². The first-order valence-electron chi connectivity index (χ1n) is 7.35. The number of nitrogens with zero attached hydrogens (tertiary/aromatic N) is 2. The molecule has 0 radical (unpaired) electrons. The molecule has 8 nitrogen and oxygen atoms in total. The number of aromatic amines is 1. The molecule has 2 aromatic rings. The lowest BCUT2D eigenvalue weighted by atomic mass is 10.2. The van der Waals surface area contributed by atoms with Crippen LogP contribution in [0.5, 0.6) is 0 Å². The summed E-state index contributed by atoms with van der Waals surface area (Å²) in [6, 6.07) is 7.52. The molecule has 0 saturated carbocycles. The second-order valence-corrected chi connectivity index (χ2v) is 5.23. The lowest BCUT2D eigenvalue weighted by Crippen LogP contribution is -2.47. The molecular formula is C15H18N6O2. The number of rotatable bonds is 4. The molecule has 0 unspecified atom stereocenters. The fraction of sp³-hybridized carbons (Fsp3) is 0.267. The topological polar surface area (TPSA) is 102 Å². The predicted octanol–water partition coefficient (Wildman–Crippen LogP) is 0.668. The van der Waals surface area contributed by atoms with Crippen LogP contribution in [0.2, 0.25) is 0 Å². The van der Waals surface area contributed by atoms with Gasteiger partial charge in [0.15, 0.2) is 0 Å². The smallest absolute Gasteiger partial charge is 0.319 e. The number of urea groups is 1. The zero-order valence-electron chi connectivity index (χ0n) is 12.5. The molecule has 1 saturated heterocycles. The van der Waals surface area contributed by atoms with E-state index in [0.717, 1.165) is 17.8 Å². The van der Waals surface area contributed by atoms with Crippen molar-refractivity contribution in [1.82, 2.24) is 20.8 Å². The van der Waals surface area contributed by atoms with Gasteiger partial charge < -0.3 is 20.9 Å². The fourth-order valence-electron chi connectivity index (χ4n) is 2.36. The molecule has 8 heteroatoms. The number of hydrogen-bond acceptors (Lipinski definition) is 4. The molecule has 0 atom stereocenters. The van der Waals surface area contributed by atoms with Crippen molar-refractivity contribution in [2.45, 2.75) is 6.54 Å². The molecular weight excluding hydrogens is 296 g/mol. The monoisotopic (exact) mass is 314 g/mol. The molecule has 1 aromatic heterocycles. The summed E-state index contributed by atoms with van der Waals surface area (Å²) in [5.74, 6) is 0.0397. The Morgan fingerprint density at radius 3 is 2.83 bits per heavy atom. The minimum absolute atomic E-state index is 0.0397. The van der Waals surface area contributed by atoms with Gasteiger partial charge in [0, 0.05) is 31.5 Å². The van der Waals surface area contributed by atoms with Crippen molar-refractivity contribution in [1.29, 1.82) is 0 Å². The van der Waals surface area contributed by atoms with Gasteiger partial charge in [-0.2, -0.15) is 5.10 Å². The van der Waals surface area contributed by atoms with E-state index < -0.39 is 0 Å². The number of benzene rings is 1. The van der Waals surface area contributed by atoms with Gasteiger partial charge >= 0.3 is 6.03 Å². The number of carbonyl (C=O) groups is 2. The van der Waals surface area contributed by atoms with Crippen molar-refractivity contribution in [3.8, 4) is 0 Å². The van der Waals surface area contributed by atoms with Gasteiger partial charge in [-0.25, -0.2) is 4.79 Å². The van der Waals surface area contributed by atoms with Crippen LogP contribution in [0.3, 0.4) is 0 Å². The Labute approximate surface area is 133 Å². The van der Waals surface area contributed by atoms with E-state index >= 15 is 0 Å². The summed E-state index contributed by atoms with van der Waals surface area (Å²) in [4.78, 5) is 25.2. The summed E-state index contributed by atoms with van der Waals surface area (Å²) in [5, 5.41) is 14.6. The van der Waals surface area contributed by atoms with E-state index in [1.54, 1.807) is 6.20 Å². The minimum atomic E-state index is -0.289. The second kappa shape index (κ2) is 6.82. The molecule has 3 rings (SSSR count). The lowest BCUT2D eigenvalue weighted by molar-refractivity contribution is -0.120. The first-order valence-corrected chi connectivity index (χ1v) is 7.35. The third kappa shape index (κ3) is 4.00. The number of piperazine rings is 1. The van der Waals surface area contributed by atoms with Crippen molar-refractivity contribution in [3.63, 3.8) is 0 Å². The van der Waals surface area contributed by atoms with E-state index in [9.17, 15) is 9.59 Å². The Hall–Kier alpha value is -3.03. The normalized spacial score (nSPS) is 14.3. The third-order valence-corrected chi connectivity index (χ3v) is 3.55. The van der Waals surface area contributed by atoms with Crippen molar-refractivity contribution in [2.75, 3.05) is 29.9 Å². The Bertz CT molecular complexity index is 668. The average Bonchev–Trinajstić information content (AvgIpc) is 3.06. The molecule has 0 aliphatic carbocycles. The molecule has 23 heavy (non-hydrogen) atoms. The predicted molar refractivity (Wildman–Crippen MR) is 86.1 cm³/mol. The Morgan fingerprint density at radius 2 is 2.13 bits per heavy atom. The summed E-state index contributed by atoms with van der Waals surface area (Å²) >= 11 is 0. The number of carbonyl (C=O) groups excluding carboxylic acids is 2. The number of aromatic nitrogens is 2. The van der Waals surface area contributed by atoms with E-state index in [-0.39, 0.29) is 11.9 Å². The van der Waals surface area contributed by atoms with Crippen LogP contribution in [0.25, 0.3) is 0 Å². The first kappa shape index (κ1) is 14.9. The highest BCUT2D eigenvalue weighted by Crippen LogP contribution is 2.16. The lowest BCUT2D eigenvalue weighted by Gasteiger charge is -2.28. The Morgan fingerprint density at radius 1 is 1.30 bits per heavy atom. The van der Waals surface area contributed by atoms with Gasteiger partial charge in [0.05, 0.1) is 18.4 Å². The maximum atomic E-state index is 11.7. The molecule has 0 bridgehead atoms. The van der Waals surface area contributed by atoms with Crippen LogP contribution in [0.4, 0.5) is 16.2 Å². The van der Waals surface area contributed by atoms with Gasteiger partial charge in [-0.3, -0.25) is 9.89 Å². The molecule has 1 fully saturated rings. The molecule has 0 spiro atoms. The molecule has 2 heterocycles. The van der Waals surface area contributed by atoms with Gasteiger partial charge in [0.25, 0.3) is 0 Å². The zero-order valence-corrected chi connectivity index (χ0v) is 12.5. The molecule has 3 amide bonds. The van der Waals surface area contributed by atoms with Crippen molar-refractivity contribution < 1.29 is 9.59 Å². The number of hydrogen-bond donors (Lipinski definition) is 4. The van der Waals surface area contributed by atoms with Gasteiger partial charge in [-0.05, 0) is 17.7 Å². The van der Waals surface area contributed by atoms with Crippen LogP contribution in [-0.2, 0) is 11.3 Å². The number of nitrogens with one attached hydrogen (secondary N) is 4. The van der Waals surface area contributed by atoms with Crippen LogP contribution in [0.15, 0.2) is 36.7 Å². The van der Waals surface area contributed by atoms with Crippen molar-refractivity contribution in [2.24, 2.45) is 0 Å². The van der Waals surface area contributed by atoms with Crippen LogP contribution < -0.4 is 20.9 Å². The highest BCUT2D eigenvalue weighted by molar-refractivity contribution is 5.88. The van der Waals surface area contributed by atoms with Gasteiger partial charge in [-0.1, -0.05) is 12.1 Å². The van der Waals surface area contributed by atoms with Gasteiger partial charge in [0.1, 0.15) is 0 Å². The summed E-state index contributed by atoms with van der Waals surface area (Å²) in [5.41, 5.74) is 2.60. The summed E-state index contributed by atoms with van der Waals surface area (Å²) in [6.07, 6.45) is 3.13. The van der Waals surface area contributed by atoms with Crippen LogP contribution >= 0.6 is 0 Å². The molecule has 4 N–H and O–H groups in total. The van der Waals surface area contributed by atoms with E-state index in [1.165, 1.54) is 6.20 Å². The van der Waals surface area contributed by atoms with E-state index in [4.69, 9.17) is 0 Å². The van der Waals surface area contributed by atoms with Crippen molar-refractivity contribution >= 4 is 23.3 Å². The molecule has 1 aliphatic rings. The number of H-pyrrole nitrogens is 1. The molecule has 120 valence electrons. The standard InChI is InChI=1S/C15H18N6O2/c22-14-10-21(6-5-16-14)13-3-1-11(2-4-13)7-17-15(23)20-12-8-18-19-9-12/h1-4,8-9H,5-7,10H2,(H,16,22)(H,18,19)(H2,17,20,23). The van der Waals surface area contributed by atoms with E-state index in [2.05, 4.69) is 26.1 Å².